The van der Waals surface area contributed by atoms with Gasteiger partial charge in [-0.25, -0.2) is 4.98 Å². The quantitative estimate of drug-likeness (QED) is 0.440. The van der Waals surface area contributed by atoms with E-state index in [9.17, 15) is 4.79 Å². The number of nitrogens with zero attached hydrogens (tertiary/aromatic N) is 3. The molecule has 5 nitrogen and oxygen atoms in total. The first-order valence-electron chi connectivity index (χ1n) is 10.1. The zero-order valence-electron chi connectivity index (χ0n) is 17.0. The summed E-state index contributed by atoms with van der Waals surface area (Å²) in [7, 11) is 1.84. The molecule has 1 aliphatic carbocycles. The number of rotatable bonds is 7. The summed E-state index contributed by atoms with van der Waals surface area (Å²) in [5.74, 6) is 2.36. The molecule has 0 bridgehead atoms. The van der Waals surface area contributed by atoms with Crippen LogP contribution in [0, 0.1) is 17.8 Å². The number of anilines is 1. The maximum absolute atomic E-state index is 12.5. The first-order chi connectivity index (χ1) is 13.6. The molecule has 3 unspecified atom stereocenters. The number of aromatic nitrogens is 1. The van der Waals surface area contributed by atoms with Crippen molar-refractivity contribution in [2.75, 3.05) is 25.5 Å². The summed E-state index contributed by atoms with van der Waals surface area (Å²) in [5, 5.41) is 2.99. The van der Waals surface area contributed by atoms with Gasteiger partial charge >= 0.3 is 0 Å². The number of hydrogen-bond acceptors (Lipinski definition) is 4. The van der Waals surface area contributed by atoms with Crippen LogP contribution in [0.1, 0.15) is 32.3 Å². The molecule has 1 amide bonds. The molecule has 0 saturated carbocycles. The number of carbonyl (C=O) groups excluding carboxylic acids is 1. The summed E-state index contributed by atoms with van der Waals surface area (Å²) in [4.78, 5) is 23.1. The second kappa shape index (κ2) is 9.49. The lowest BCUT2D eigenvalue weighted by Crippen LogP contribution is -2.27. The zero-order valence-corrected chi connectivity index (χ0v) is 17.0. The fourth-order valence-corrected chi connectivity index (χ4v) is 3.86. The standard InChI is InChI=1S/C23H30N4O/c1-4-10-25-11-9-17(2)19-12-20-15-27(16-21(20)13-19)23(28)8-6-18-5-7-22(24-3)26-14-18/h5-12,14,17,20-21H,4,13,15-16H2,1-3H3,(H,24,26)/b8-6+,11-9-,25-10-. The van der Waals surface area contributed by atoms with Gasteiger partial charge in [0.1, 0.15) is 5.82 Å². The van der Waals surface area contributed by atoms with Crippen LogP contribution in [0.25, 0.3) is 6.08 Å². The van der Waals surface area contributed by atoms with Gasteiger partial charge in [-0.2, -0.15) is 0 Å². The van der Waals surface area contributed by atoms with Crippen molar-refractivity contribution in [2.24, 2.45) is 22.7 Å². The van der Waals surface area contributed by atoms with Gasteiger partial charge in [0.15, 0.2) is 0 Å². The third kappa shape index (κ3) is 4.97. The summed E-state index contributed by atoms with van der Waals surface area (Å²) in [6.45, 7) is 5.97. The van der Waals surface area contributed by atoms with Crippen molar-refractivity contribution < 1.29 is 4.79 Å². The number of amides is 1. The van der Waals surface area contributed by atoms with Crippen molar-refractivity contribution in [1.29, 1.82) is 0 Å². The van der Waals surface area contributed by atoms with E-state index < -0.39 is 0 Å². The van der Waals surface area contributed by atoms with Crippen LogP contribution in [0.2, 0.25) is 0 Å². The Balaban J connectivity index is 1.53. The van der Waals surface area contributed by atoms with E-state index in [0.717, 1.165) is 37.3 Å². The van der Waals surface area contributed by atoms with E-state index in [2.05, 4.69) is 41.3 Å². The highest BCUT2D eigenvalue weighted by atomic mass is 16.2. The molecule has 0 radical (unpaired) electrons. The van der Waals surface area contributed by atoms with Gasteiger partial charge in [0.25, 0.3) is 0 Å². The molecule has 1 saturated heterocycles. The molecule has 1 aromatic heterocycles. The highest BCUT2D eigenvalue weighted by molar-refractivity contribution is 5.92. The first kappa shape index (κ1) is 20.1. The highest BCUT2D eigenvalue weighted by Gasteiger charge is 2.38. The molecule has 0 spiro atoms. The monoisotopic (exact) mass is 378 g/mol. The number of allylic oxidation sites excluding steroid dienone is 2. The molecule has 28 heavy (non-hydrogen) atoms. The maximum atomic E-state index is 12.5. The average Bonchev–Trinajstić information content (AvgIpc) is 3.29. The Labute approximate surface area is 168 Å². The Kier molecular flexibility index (Phi) is 6.80. The molecule has 5 heteroatoms. The topological polar surface area (TPSA) is 57.6 Å². The summed E-state index contributed by atoms with van der Waals surface area (Å²) in [5.41, 5.74) is 2.41. The minimum atomic E-state index is 0.0869. The molecular weight excluding hydrogens is 348 g/mol. The molecule has 148 valence electrons. The van der Waals surface area contributed by atoms with Crippen LogP contribution in [0.5, 0.6) is 0 Å². The summed E-state index contributed by atoms with van der Waals surface area (Å²) in [6, 6.07) is 3.86. The van der Waals surface area contributed by atoms with Gasteiger partial charge in [-0.15, -0.1) is 0 Å². The van der Waals surface area contributed by atoms with E-state index in [4.69, 9.17) is 0 Å². The summed E-state index contributed by atoms with van der Waals surface area (Å²) in [6.07, 6.45) is 15.7. The molecule has 0 aromatic carbocycles. The van der Waals surface area contributed by atoms with Crippen molar-refractivity contribution in [3.63, 3.8) is 0 Å². The van der Waals surface area contributed by atoms with Crippen LogP contribution >= 0.6 is 0 Å². The Bertz CT molecular complexity index is 791. The lowest BCUT2D eigenvalue weighted by molar-refractivity contribution is -0.125. The van der Waals surface area contributed by atoms with E-state index in [-0.39, 0.29) is 5.91 Å². The SMILES string of the molecule is CC/C=N\C=C/C(C)C1=CC2CN(C(=O)/C=C/c3ccc(NC)nc3)CC2C1. The van der Waals surface area contributed by atoms with E-state index in [0.29, 0.717) is 17.8 Å². The molecule has 3 atom stereocenters. The van der Waals surface area contributed by atoms with Crippen molar-refractivity contribution >= 4 is 24.0 Å². The van der Waals surface area contributed by atoms with Gasteiger partial charge in [0, 0.05) is 44.8 Å². The number of fused-ring (bicyclic) bond motifs is 1. The zero-order chi connectivity index (χ0) is 19.9. The van der Waals surface area contributed by atoms with Crippen LogP contribution in [0.15, 0.2) is 53.3 Å². The fourth-order valence-electron chi connectivity index (χ4n) is 3.86. The normalized spacial score (nSPS) is 23.0. The maximum Gasteiger partial charge on any atom is 0.246 e. The minimum absolute atomic E-state index is 0.0869. The van der Waals surface area contributed by atoms with Crippen molar-refractivity contribution in [1.82, 2.24) is 9.88 Å². The fraction of sp³-hybridized carbons (Fsp3) is 0.435. The summed E-state index contributed by atoms with van der Waals surface area (Å²) < 4.78 is 0. The molecule has 3 rings (SSSR count). The minimum Gasteiger partial charge on any atom is -0.373 e. The largest absolute Gasteiger partial charge is 0.373 e. The molecule has 1 N–H and O–H groups in total. The number of likely N-dealkylation sites (tertiary alicyclic amines) is 1. The number of carbonyl (C=O) groups is 1. The number of pyridine rings is 1. The van der Waals surface area contributed by atoms with Crippen molar-refractivity contribution in [3.05, 3.63) is 53.9 Å². The Morgan fingerprint density at radius 1 is 1.43 bits per heavy atom. The van der Waals surface area contributed by atoms with Gasteiger partial charge in [0.05, 0.1) is 0 Å². The lowest BCUT2D eigenvalue weighted by atomic mass is 9.96. The Hall–Kier alpha value is -2.69. The summed E-state index contributed by atoms with van der Waals surface area (Å²) >= 11 is 0. The molecule has 1 aromatic rings. The molecular formula is C23H30N4O. The van der Waals surface area contributed by atoms with Crippen LogP contribution in [-0.2, 0) is 4.79 Å². The van der Waals surface area contributed by atoms with Crippen LogP contribution in [0.4, 0.5) is 5.82 Å². The van der Waals surface area contributed by atoms with Gasteiger partial charge < -0.3 is 10.2 Å². The molecule has 1 fully saturated rings. The molecule has 2 heterocycles. The number of nitrogens with one attached hydrogen (secondary N) is 1. The van der Waals surface area contributed by atoms with E-state index in [1.165, 1.54) is 5.57 Å². The van der Waals surface area contributed by atoms with Crippen LogP contribution in [-0.4, -0.2) is 42.1 Å². The van der Waals surface area contributed by atoms with Gasteiger partial charge in [-0.3, -0.25) is 9.79 Å². The number of aliphatic imine (C=N–C) groups is 1. The van der Waals surface area contributed by atoms with Gasteiger partial charge in [0.2, 0.25) is 5.91 Å². The van der Waals surface area contributed by atoms with Crippen LogP contribution in [0.3, 0.4) is 0 Å². The Morgan fingerprint density at radius 2 is 2.29 bits per heavy atom. The predicted molar refractivity (Wildman–Crippen MR) is 116 cm³/mol. The third-order valence-electron chi connectivity index (χ3n) is 5.52. The smallest absolute Gasteiger partial charge is 0.246 e. The van der Waals surface area contributed by atoms with Crippen molar-refractivity contribution in [3.8, 4) is 0 Å². The van der Waals surface area contributed by atoms with Crippen molar-refractivity contribution in [2.45, 2.75) is 26.7 Å². The molecule has 2 aliphatic rings. The number of hydrogen-bond donors (Lipinski definition) is 1. The van der Waals surface area contributed by atoms with Crippen LogP contribution < -0.4 is 5.32 Å². The lowest BCUT2D eigenvalue weighted by Gasteiger charge is -2.16. The van der Waals surface area contributed by atoms with E-state index in [1.54, 1.807) is 12.3 Å². The second-order valence-electron chi connectivity index (χ2n) is 7.54. The third-order valence-corrected chi connectivity index (χ3v) is 5.52. The van der Waals surface area contributed by atoms with Gasteiger partial charge in [-0.1, -0.05) is 31.6 Å². The highest BCUT2D eigenvalue weighted by Crippen LogP contribution is 2.39. The molecule has 1 aliphatic heterocycles. The first-order valence-corrected chi connectivity index (χ1v) is 10.1. The second-order valence-corrected chi connectivity index (χ2v) is 7.54. The van der Waals surface area contributed by atoms with E-state index >= 15 is 0 Å². The Morgan fingerprint density at radius 3 is 2.96 bits per heavy atom. The van der Waals surface area contributed by atoms with E-state index in [1.807, 2.05) is 42.6 Å². The predicted octanol–water partition coefficient (Wildman–Crippen LogP) is 4.17. The average molecular weight is 379 g/mol. The van der Waals surface area contributed by atoms with Gasteiger partial charge in [-0.05, 0) is 54.4 Å².